The Kier molecular flexibility index (Phi) is 4.43. The van der Waals surface area contributed by atoms with E-state index in [1.165, 1.54) is 24.6 Å². The van der Waals surface area contributed by atoms with Crippen LogP contribution in [0.25, 0.3) is 0 Å². The molecule has 0 bridgehead atoms. The van der Waals surface area contributed by atoms with Crippen LogP contribution in [0.5, 0.6) is 0 Å². The monoisotopic (exact) mass is 220 g/mol. The lowest BCUT2D eigenvalue weighted by atomic mass is 10.2. The van der Waals surface area contributed by atoms with Crippen LogP contribution in [0.1, 0.15) is 0 Å². The first-order valence-electron chi connectivity index (χ1n) is 4.60. The van der Waals surface area contributed by atoms with E-state index in [1.54, 1.807) is 12.2 Å². The van der Waals surface area contributed by atoms with E-state index in [0.717, 1.165) is 0 Å². The Morgan fingerprint density at radius 1 is 0.875 bits per heavy atom. The second kappa shape index (κ2) is 5.84. The largest absolute Gasteiger partial charge is 0.303 e. The molecule has 0 aromatic rings. The van der Waals surface area contributed by atoms with Gasteiger partial charge in [-0.25, -0.2) is 0 Å². The van der Waals surface area contributed by atoms with Crippen molar-refractivity contribution in [2.24, 2.45) is 21.5 Å². The molecule has 0 aromatic carbocycles. The second-order valence-electron chi connectivity index (χ2n) is 3.01. The van der Waals surface area contributed by atoms with Gasteiger partial charge in [0.25, 0.3) is 0 Å². The zero-order valence-corrected chi connectivity index (χ0v) is 8.48. The highest BCUT2D eigenvalue weighted by molar-refractivity contribution is 6.00. The van der Waals surface area contributed by atoms with Crippen molar-refractivity contribution in [2.75, 3.05) is 0 Å². The van der Waals surface area contributed by atoms with E-state index < -0.39 is 12.3 Å². The molecule has 2 atom stereocenters. The summed E-state index contributed by atoms with van der Waals surface area (Å²) in [4.78, 5) is 28.2. The summed E-state index contributed by atoms with van der Waals surface area (Å²) in [6, 6.07) is 0. The maximum Gasteiger partial charge on any atom is 0.194 e. The molecule has 0 radical (unpaired) electrons. The lowest BCUT2D eigenvalue weighted by molar-refractivity contribution is -0.116. The minimum absolute atomic E-state index is 0.132. The molecule has 2 aliphatic heterocycles. The van der Waals surface area contributed by atoms with Gasteiger partial charge in [-0.1, -0.05) is 0 Å². The number of ketones is 2. The number of carbonyl (C=O) groups is 2. The third kappa shape index (κ3) is 3.68. The maximum absolute atomic E-state index is 10.5. The molecule has 2 heterocycles. The van der Waals surface area contributed by atoms with Gasteiger partial charge < -0.3 is 11.5 Å². The average molecular weight is 220 g/mol. The summed E-state index contributed by atoms with van der Waals surface area (Å²) in [6.45, 7) is 0. The molecule has 0 fully saturated rings. The minimum atomic E-state index is -0.653. The van der Waals surface area contributed by atoms with Gasteiger partial charge in [0.1, 0.15) is 0 Å². The number of allylic oxidation sites excluding steroid dienone is 2. The van der Waals surface area contributed by atoms with Gasteiger partial charge in [-0.15, -0.1) is 0 Å². The number of hydrogen-bond acceptors (Lipinski definition) is 6. The van der Waals surface area contributed by atoms with Crippen LogP contribution in [0.2, 0.25) is 0 Å². The Hall–Kier alpha value is -1.92. The van der Waals surface area contributed by atoms with Crippen molar-refractivity contribution in [3.63, 3.8) is 0 Å². The predicted octanol–water partition coefficient (Wildman–Crippen LogP) is -1.04. The van der Waals surface area contributed by atoms with E-state index >= 15 is 0 Å². The molecular formula is C10H12N4O2. The predicted molar refractivity (Wildman–Crippen MR) is 61.2 cm³/mol. The lowest BCUT2D eigenvalue weighted by Gasteiger charge is -2.01. The summed E-state index contributed by atoms with van der Waals surface area (Å²) in [5.41, 5.74) is 10.4. The normalized spacial score (nSPS) is 26.6. The van der Waals surface area contributed by atoms with Crippen molar-refractivity contribution in [1.29, 1.82) is 0 Å². The van der Waals surface area contributed by atoms with Crippen molar-refractivity contribution in [3.8, 4) is 0 Å². The van der Waals surface area contributed by atoms with E-state index in [-0.39, 0.29) is 11.6 Å². The zero-order chi connectivity index (χ0) is 12.0. The van der Waals surface area contributed by atoms with Gasteiger partial charge in [0, 0.05) is 12.4 Å². The molecule has 2 unspecified atom stereocenters. The third-order valence-corrected chi connectivity index (χ3v) is 1.77. The first-order valence-corrected chi connectivity index (χ1v) is 4.60. The molecule has 2 aliphatic rings. The van der Waals surface area contributed by atoms with E-state index in [0.29, 0.717) is 0 Å². The topological polar surface area (TPSA) is 111 Å². The molecule has 4 N–H and O–H groups in total. The number of dihydropyridines is 2. The van der Waals surface area contributed by atoms with E-state index in [4.69, 9.17) is 11.5 Å². The van der Waals surface area contributed by atoms with Crippen LogP contribution >= 0.6 is 0 Å². The Morgan fingerprint density at radius 2 is 1.25 bits per heavy atom. The number of rotatable bonds is 0. The fourth-order valence-corrected chi connectivity index (χ4v) is 0.905. The fraction of sp³-hybridized carbons (Fsp3) is 0.200. The molecule has 6 heteroatoms. The average Bonchev–Trinajstić information content (AvgIpc) is 2.28. The number of carbonyl (C=O) groups excluding carboxylic acids is 2. The number of nitrogens with zero attached hydrogens (tertiary/aromatic N) is 2. The fourth-order valence-electron chi connectivity index (χ4n) is 0.905. The molecule has 0 saturated carbocycles. The molecule has 16 heavy (non-hydrogen) atoms. The summed E-state index contributed by atoms with van der Waals surface area (Å²) in [5.74, 6) is -0.264. The number of hydrogen-bond donors (Lipinski definition) is 2. The van der Waals surface area contributed by atoms with Gasteiger partial charge in [-0.2, -0.15) is 0 Å². The van der Waals surface area contributed by atoms with Crippen molar-refractivity contribution in [1.82, 2.24) is 0 Å². The van der Waals surface area contributed by atoms with Gasteiger partial charge in [0.05, 0.1) is 0 Å². The highest BCUT2D eigenvalue weighted by atomic mass is 16.1. The molecule has 0 aromatic heterocycles. The Balaban J connectivity index is 0.000000160. The highest BCUT2D eigenvalue weighted by Crippen LogP contribution is 1.90. The molecule has 0 amide bonds. The highest BCUT2D eigenvalue weighted by Gasteiger charge is 2.08. The van der Waals surface area contributed by atoms with Crippen LogP contribution in [0, 0.1) is 0 Å². The first-order chi connectivity index (χ1) is 7.61. The van der Waals surface area contributed by atoms with Crippen LogP contribution in [-0.2, 0) is 9.59 Å². The molecular weight excluding hydrogens is 208 g/mol. The van der Waals surface area contributed by atoms with Crippen molar-refractivity contribution < 1.29 is 9.59 Å². The van der Waals surface area contributed by atoms with Gasteiger partial charge in [0.2, 0.25) is 0 Å². The van der Waals surface area contributed by atoms with Gasteiger partial charge >= 0.3 is 0 Å². The number of nitrogens with two attached hydrogens (primary N) is 2. The first kappa shape index (κ1) is 12.2. The summed E-state index contributed by atoms with van der Waals surface area (Å²) in [6.07, 6.45) is 7.71. The van der Waals surface area contributed by atoms with Crippen LogP contribution in [-0.4, -0.2) is 36.3 Å². The van der Waals surface area contributed by atoms with E-state index in [9.17, 15) is 9.59 Å². The summed E-state index contributed by atoms with van der Waals surface area (Å²) >= 11 is 0. The maximum atomic E-state index is 10.5. The summed E-state index contributed by atoms with van der Waals surface area (Å²) < 4.78 is 0. The van der Waals surface area contributed by atoms with Crippen molar-refractivity contribution >= 4 is 24.0 Å². The van der Waals surface area contributed by atoms with Crippen molar-refractivity contribution in [2.45, 2.75) is 12.3 Å². The minimum Gasteiger partial charge on any atom is -0.303 e. The summed E-state index contributed by atoms with van der Waals surface area (Å²) in [7, 11) is 0. The van der Waals surface area contributed by atoms with Crippen molar-refractivity contribution in [3.05, 3.63) is 24.3 Å². The van der Waals surface area contributed by atoms with Crippen LogP contribution < -0.4 is 11.5 Å². The molecule has 0 aliphatic carbocycles. The smallest absolute Gasteiger partial charge is 0.194 e. The molecule has 84 valence electrons. The van der Waals surface area contributed by atoms with Gasteiger partial charge in [0.15, 0.2) is 23.9 Å². The van der Waals surface area contributed by atoms with Gasteiger partial charge in [-0.05, 0) is 24.3 Å². The Labute approximate surface area is 92.4 Å². The second-order valence-corrected chi connectivity index (χ2v) is 3.01. The van der Waals surface area contributed by atoms with Crippen LogP contribution in [0.4, 0.5) is 0 Å². The van der Waals surface area contributed by atoms with Crippen LogP contribution in [0.15, 0.2) is 34.3 Å². The van der Waals surface area contributed by atoms with E-state index in [1.807, 2.05) is 0 Å². The summed E-state index contributed by atoms with van der Waals surface area (Å²) in [5, 5.41) is 0. The van der Waals surface area contributed by atoms with Gasteiger partial charge in [-0.3, -0.25) is 19.6 Å². The quantitative estimate of drug-likeness (QED) is 0.543. The number of aliphatic imine (C=N–C) groups is 2. The van der Waals surface area contributed by atoms with Crippen LogP contribution in [0.3, 0.4) is 0 Å². The standard InChI is InChI=1S/2C5H6N2O/c2*6-5-4(8)2-1-3-7-5/h2*1-3,5H,6H2. The Morgan fingerprint density at radius 3 is 1.44 bits per heavy atom. The zero-order valence-electron chi connectivity index (χ0n) is 8.48. The molecule has 0 saturated heterocycles. The SMILES string of the molecule is NC1N=CC=CC1=O.NC1N=CC=CC1=O. The third-order valence-electron chi connectivity index (χ3n) is 1.77. The van der Waals surface area contributed by atoms with E-state index in [2.05, 4.69) is 9.98 Å². The molecule has 6 nitrogen and oxygen atoms in total. The molecule has 2 rings (SSSR count). The lowest BCUT2D eigenvalue weighted by Crippen LogP contribution is -2.28. The Bertz CT molecular complexity index is 358. The molecule has 0 spiro atoms.